The van der Waals surface area contributed by atoms with Gasteiger partial charge < -0.3 is 10.6 Å². The predicted molar refractivity (Wildman–Crippen MR) is 75.2 cm³/mol. The molecular weight excluding hydrogens is 243 g/mol. The Kier molecular flexibility index (Phi) is 5.48. The van der Waals surface area contributed by atoms with E-state index >= 15 is 0 Å². The first-order chi connectivity index (χ1) is 8.82. The lowest BCUT2D eigenvalue weighted by molar-refractivity contribution is -0.136. The second-order valence-electron chi connectivity index (χ2n) is 5.37. The van der Waals surface area contributed by atoms with Crippen molar-refractivity contribution in [3.8, 4) is 0 Å². The molecule has 2 N–H and O–H groups in total. The summed E-state index contributed by atoms with van der Waals surface area (Å²) in [6.45, 7) is 7.90. The summed E-state index contributed by atoms with van der Waals surface area (Å²) in [5.74, 6) is -0.344. The minimum Gasteiger partial charge on any atom is -0.336 e. The third kappa shape index (κ3) is 4.31. The number of hydrogen-bond donors (Lipinski definition) is 1. The van der Waals surface area contributed by atoms with Gasteiger partial charge in [0.2, 0.25) is 5.91 Å². The van der Waals surface area contributed by atoms with Crippen molar-refractivity contribution >= 4 is 5.91 Å². The van der Waals surface area contributed by atoms with E-state index in [1.54, 1.807) is 17.0 Å². The summed E-state index contributed by atoms with van der Waals surface area (Å²) in [5.41, 5.74) is 6.85. The van der Waals surface area contributed by atoms with Crippen LogP contribution in [0.2, 0.25) is 0 Å². The molecule has 1 amide bonds. The molecule has 0 fully saturated rings. The van der Waals surface area contributed by atoms with Crippen molar-refractivity contribution in [2.24, 2.45) is 5.73 Å². The summed E-state index contributed by atoms with van der Waals surface area (Å²) in [6, 6.07) is 5.74. The molecule has 1 rings (SSSR count). The number of nitrogens with two attached hydrogens (primary N) is 1. The van der Waals surface area contributed by atoms with Gasteiger partial charge in [0.1, 0.15) is 5.82 Å². The van der Waals surface area contributed by atoms with E-state index in [4.69, 9.17) is 5.73 Å². The molecule has 0 aromatic heterocycles. The second-order valence-corrected chi connectivity index (χ2v) is 5.37. The Labute approximate surface area is 114 Å². The molecule has 1 atom stereocenters. The molecule has 1 aromatic rings. The smallest absolute Gasteiger partial charge is 0.240 e. The van der Waals surface area contributed by atoms with E-state index in [-0.39, 0.29) is 23.8 Å². The van der Waals surface area contributed by atoms with E-state index in [9.17, 15) is 9.18 Å². The van der Waals surface area contributed by atoms with Crippen molar-refractivity contribution in [2.45, 2.75) is 52.2 Å². The van der Waals surface area contributed by atoms with E-state index < -0.39 is 6.04 Å². The number of benzene rings is 1. The minimum atomic E-state index is -0.588. The van der Waals surface area contributed by atoms with Crippen molar-refractivity contribution in [1.29, 1.82) is 0 Å². The highest BCUT2D eigenvalue weighted by atomic mass is 19.1. The van der Waals surface area contributed by atoms with Crippen LogP contribution in [0.4, 0.5) is 4.39 Å². The molecule has 0 saturated heterocycles. The van der Waals surface area contributed by atoms with Gasteiger partial charge in [0, 0.05) is 12.1 Å². The fraction of sp³-hybridized carbons (Fsp3) is 0.533. The van der Waals surface area contributed by atoms with Gasteiger partial charge in [-0.15, -0.1) is 0 Å². The zero-order valence-electron chi connectivity index (χ0n) is 12.1. The summed E-state index contributed by atoms with van der Waals surface area (Å²) in [6.07, 6.45) is 0.426. The van der Waals surface area contributed by atoms with Crippen LogP contribution in [0, 0.1) is 5.82 Å². The van der Waals surface area contributed by atoms with Crippen LogP contribution in [0.25, 0.3) is 0 Å². The molecule has 0 spiro atoms. The first-order valence-electron chi connectivity index (χ1n) is 6.65. The summed E-state index contributed by atoms with van der Waals surface area (Å²) < 4.78 is 12.8. The lowest BCUT2D eigenvalue weighted by Gasteiger charge is -2.33. The lowest BCUT2D eigenvalue weighted by atomic mass is 10.0. The highest BCUT2D eigenvalue weighted by Gasteiger charge is 2.25. The zero-order valence-corrected chi connectivity index (χ0v) is 12.1. The number of halogens is 1. The van der Waals surface area contributed by atoms with Gasteiger partial charge in [-0.2, -0.15) is 0 Å². The molecule has 0 saturated carbocycles. The number of carbonyl (C=O) groups excluding carboxylic acids is 1. The molecule has 0 aliphatic heterocycles. The second kappa shape index (κ2) is 6.66. The fourth-order valence-corrected chi connectivity index (χ4v) is 2.26. The van der Waals surface area contributed by atoms with E-state index in [1.165, 1.54) is 12.1 Å². The van der Waals surface area contributed by atoms with E-state index in [0.717, 1.165) is 5.56 Å². The van der Waals surface area contributed by atoms with Gasteiger partial charge in [0.05, 0.1) is 6.04 Å². The Morgan fingerprint density at radius 1 is 1.16 bits per heavy atom. The van der Waals surface area contributed by atoms with Crippen LogP contribution in [0.1, 0.15) is 33.3 Å². The fourth-order valence-electron chi connectivity index (χ4n) is 2.26. The molecule has 19 heavy (non-hydrogen) atoms. The highest BCUT2D eigenvalue weighted by molar-refractivity contribution is 5.82. The largest absolute Gasteiger partial charge is 0.336 e. The third-order valence-electron chi connectivity index (χ3n) is 3.05. The molecule has 0 heterocycles. The number of amides is 1. The van der Waals surface area contributed by atoms with Crippen LogP contribution in [0.3, 0.4) is 0 Å². The van der Waals surface area contributed by atoms with Gasteiger partial charge in [0.15, 0.2) is 0 Å². The van der Waals surface area contributed by atoms with Crippen LogP contribution in [0.5, 0.6) is 0 Å². The van der Waals surface area contributed by atoms with E-state index in [0.29, 0.717) is 6.42 Å². The number of nitrogens with zero attached hydrogens (tertiary/aromatic N) is 1. The average Bonchev–Trinajstić information content (AvgIpc) is 2.31. The average molecular weight is 266 g/mol. The summed E-state index contributed by atoms with van der Waals surface area (Å²) in [5, 5.41) is 0. The Bertz CT molecular complexity index is 407. The molecule has 3 nitrogen and oxygen atoms in total. The number of hydrogen-bond acceptors (Lipinski definition) is 2. The van der Waals surface area contributed by atoms with Gasteiger partial charge in [-0.3, -0.25) is 4.79 Å². The zero-order chi connectivity index (χ0) is 14.6. The van der Waals surface area contributed by atoms with Gasteiger partial charge in [-0.05, 0) is 51.8 Å². The first-order valence-corrected chi connectivity index (χ1v) is 6.65. The first kappa shape index (κ1) is 15.6. The molecule has 0 aliphatic carbocycles. The van der Waals surface area contributed by atoms with Crippen molar-refractivity contribution in [3.05, 3.63) is 35.6 Å². The Morgan fingerprint density at radius 2 is 1.63 bits per heavy atom. The predicted octanol–water partition coefficient (Wildman–Crippen LogP) is 2.34. The Hall–Kier alpha value is -1.42. The molecule has 4 heteroatoms. The summed E-state index contributed by atoms with van der Waals surface area (Å²) in [4.78, 5) is 14.1. The lowest BCUT2D eigenvalue weighted by Crippen LogP contribution is -2.50. The number of rotatable bonds is 5. The van der Waals surface area contributed by atoms with E-state index in [1.807, 2.05) is 27.7 Å². The van der Waals surface area contributed by atoms with Crippen molar-refractivity contribution in [2.75, 3.05) is 0 Å². The van der Waals surface area contributed by atoms with Crippen LogP contribution in [-0.4, -0.2) is 28.9 Å². The SMILES string of the molecule is CC(C)N(C(=O)C(N)Cc1ccc(F)cc1)C(C)C. The van der Waals surface area contributed by atoms with Crippen LogP contribution >= 0.6 is 0 Å². The maximum atomic E-state index is 12.8. The van der Waals surface area contributed by atoms with Crippen molar-refractivity contribution in [1.82, 2.24) is 4.90 Å². The summed E-state index contributed by atoms with van der Waals surface area (Å²) >= 11 is 0. The minimum absolute atomic E-state index is 0.0608. The molecule has 0 aliphatic rings. The molecular formula is C15H23FN2O. The van der Waals surface area contributed by atoms with Crippen LogP contribution in [0.15, 0.2) is 24.3 Å². The van der Waals surface area contributed by atoms with Crippen molar-refractivity contribution in [3.63, 3.8) is 0 Å². The molecule has 1 aromatic carbocycles. The Balaban J connectivity index is 2.73. The number of carbonyl (C=O) groups is 1. The highest BCUT2D eigenvalue weighted by Crippen LogP contribution is 2.11. The van der Waals surface area contributed by atoms with Crippen LogP contribution in [-0.2, 0) is 11.2 Å². The molecule has 1 unspecified atom stereocenters. The standard InChI is InChI=1S/C15H23FN2O/c1-10(2)18(11(3)4)15(19)14(17)9-12-5-7-13(16)8-6-12/h5-8,10-11,14H,9,17H2,1-4H3. The maximum Gasteiger partial charge on any atom is 0.240 e. The topological polar surface area (TPSA) is 46.3 Å². The third-order valence-corrected chi connectivity index (χ3v) is 3.05. The van der Waals surface area contributed by atoms with Gasteiger partial charge in [0.25, 0.3) is 0 Å². The molecule has 106 valence electrons. The maximum absolute atomic E-state index is 12.8. The Morgan fingerprint density at radius 3 is 2.05 bits per heavy atom. The normalized spacial score (nSPS) is 12.8. The van der Waals surface area contributed by atoms with Gasteiger partial charge in [-0.25, -0.2) is 4.39 Å². The van der Waals surface area contributed by atoms with Crippen molar-refractivity contribution < 1.29 is 9.18 Å². The van der Waals surface area contributed by atoms with Gasteiger partial charge >= 0.3 is 0 Å². The quantitative estimate of drug-likeness (QED) is 0.889. The van der Waals surface area contributed by atoms with Crippen LogP contribution < -0.4 is 5.73 Å². The molecule has 0 radical (unpaired) electrons. The monoisotopic (exact) mass is 266 g/mol. The van der Waals surface area contributed by atoms with Gasteiger partial charge in [-0.1, -0.05) is 12.1 Å². The summed E-state index contributed by atoms with van der Waals surface area (Å²) in [7, 11) is 0. The molecule has 0 bridgehead atoms. The van der Waals surface area contributed by atoms with E-state index in [2.05, 4.69) is 0 Å².